The third kappa shape index (κ3) is 3.25. The summed E-state index contributed by atoms with van der Waals surface area (Å²) in [5, 5.41) is 20.5. The van der Waals surface area contributed by atoms with Crippen LogP contribution >= 0.6 is 0 Å². The fourth-order valence-corrected chi connectivity index (χ4v) is 4.48. The van der Waals surface area contributed by atoms with Gasteiger partial charge in [0.25, 0.3) is 0 Å². The molecule has 2 aromatic heterocycles. The van der Waals surface area contributed by atoms with E-state index in [0.717, 1.165) is 47.5 Å². The van der Waals surface area contributed by atoms with Crippen LogP contribution in [0, 0.1) is 18.3 Å². The molecule has 1 fully saturated rings. The first kappa shape index (κ1) is 19.7. The number of hydrogen-bond acceptors (Lipinski definition) is 5. The highest BCUT2D eigenvalue weighted by atomic mass is 16.3. The molecule has 0 aliphatic carbocycles. The molecule has 1 aromatic carbocycles. The number of fused-ring (bicyclic) bond motifs is 3. The topological polar surface area (TPSA) is 67.8 Å². The quantitative estimate of drug-likeness (QED) is 0.724. The average molecular weight is 392 g/mol. The predicted molar refractivity (Wildman–Crippen MR) is 116 cm³/mol. The van der Waals surface area contributed by atoms with E-state index in [4.69, 9.17) is 4.98 Å². The van der Waals surface area contributed by atoms with E-state index in [0.29, 0.717) is 30.1 Å². The van der Waals surface area contributed by atoms with Crippen LogP contribution < -0.4 is 4.90 Å². The van der Waals surface area contributed by atoms with Crippen LogP contribution in [0.4, 0.5) is 5.82 Å². The van der Waals surface area contributed by atoms with Gasteiger partial charge in [-0.25, -0.2) is 4.98 Å². The first-order valence-electron chi connectivity index (χ1n) is 10.4. The number of aliphatic hydroxyl groups excluding tert-OH is 1. The number of nitriles is 1. The number of benzene rings is 1. The molecule has 1 aliphatic rings. The molecule has 2 atom stereocenters. The van der Waals surface area contributed by atoms with Crippen molar-refractivity contribution in [3.05, 3.63) is 41.0 Å². The molecule has 1 saturated heterocycles. The largest absolute Gasteiger partial charge is 0.393 e. The Morgan fingerprint density at radius 2 is 2.10 bits per heavy atom. The summed E-state index contributed by atoms with van der Waals surface area (Å²) in [5.41, 5.74) is 5.21. The van der Waals surface area contributed by atoms with Gasteiger partial charge >= 0.3 is 0 Å². The van der Waals surface area contributed by atoms with Crippen molar-refractivity contribution >= 4 is 22.5 Å². The maximum Gasteiger partial charge on any atom is 0.157 e. The van der Waals surface area contributed by atoms with Gasteiger partial charge in [0.15, 0.2) is 5.65 Å². The zero-order chi connectivity index (χ0) is 20.7. The molecule has 4 rings (SSSR count). The Labute approximate surface area is 172 Å². The molecule has 3 heterocycles. The molecule has 1 unspecified atom stereocenters. The minimum absolute atomic E-state index is 0.432. The van der Waals surface area contributed by atoms with Gasteiger partial charge in [0.05, 0.1) is 22.7 Å². The zero-order valence-electron chi connectivity index (χ0n) is 17.7. The van der Waals surface area contributed by atoms with Crippen molar-refractivity contribution < 1.29 is 5.11 Å². The van der Waals surface area contributed by atoms with E-state index in [1.165, 1.54) is 0 Å². The summed E-state index contributed by atoms with van der Waals surface area (Å²) in [6.45, 7) is 5.87. The highest BCUT2D eigenvalue weighted by molar-refractivity contribution is 5.86. The minimum atomic E-state index is -0.432. The lowest BCUT2D eigenvalue weighted by atomic mass is 9.98. The van der Waals surface area contributed by atoms with Crippen LogP contribution in [0.5, 0.6) is 0 Å². The van der Waals surface area contributed by atoms with Gasteiger partial charge in [-0.3, -0.25) is 4.40 Å². The van der Waals surface area contributed by atoms with Gasteiger partial charge in [0, 0.05) is 31.1 Å². The number of imidazole rings is 1. The number of aromatic nitrogens is 2. The first-order chi connectivity index (χ1) is 14.0. The van der Waals surface area contributed by atoms with Gasteiger partial charge in [-0.2, -0.15) is 5.26 Å². The Hall–Kier alpha value is -2.62. The Morgan fingerprint density at radius 3 is 2.76 bits per heavy atom. The molecular formula is C23H29N5O. The van der Waals surface area contributed by atoms with Crippen molar-refractivity contribution in [3.8, 4) is 6.07 Å². The molecular weight excluding hydrogens is 362 g/mol. The number of aliphatic hydroxyl groups is 1. The van der Waals surface area contributed by atoms with Crippen LogP contribution in [0.15, 0.2) is 24.3 Å². The van der Waals surface area contributed by atoms with E-state index in [1.54, 1.807) is 0 Å². The van der Waals surface area contributed by atoms with Crippen LogP contribution in [0.1, 0.15) is 36.5 Å². The molecule has 1 aliphatic heterocycles. The molecule has 1 N–H and O–H groups in total. The van der Waals surface area contributed by atoms with Crippen LogP contribution in [0.2, 0.25) is 0 Å². The third-order valence-electron chi connectivity index (χ3n) is 6.31. The number of anilines is 1. The van der Waals surface area contributed by atoms with Crippen molar-refractivity contribution in [1.82, 2.24) is 14.3 Å². The molecule has 29 heavy (non-hydrogen) atoms. The number of hydrogen-bond donors (Lipinski definition) is 1. The number of pyridine rings is 1. The molecule has 0 saturated carbocycles. The Balaban J connectivity index is 2.04. The third-order valence-corrected chi connectivity index (χ3v) is 6.31. The highest BCUT2D eigenvalue weighted by Gasteiger charge is 2.30. The van der Waals surface area contributed by atoms with Crippen LogP contribution in [-0.2, 0) is 6.42 Å². The Kier molecular flexibility index (Phi) is 5.20. The minimum Gasteiger partial charge on any atom is -0.393 e. The van der Waals surface area contributed by atoms with E-state index in [1.807, 2.05) is 32.0 Å². The monoisotopic (exact) mass is 391 g/mol. The summed E-state index contributed by atoms with van der Waals surface area (Å²) in [5.74, 6) is 1.09. The number of para-hydroxylation sites is 2. The fraction of sp³-hybridized carbons (Fsp3) is 0.478. The summed E-state index contributed by atoms with van der Waals surface area (Å²) < 4.78 is 2.15. The molecule has 152 valence electrons. The molecule has 6 heteroatoms. The van der Waals surface area contributed by atoms with Crippen molar-refractivity contribution in [1.29, 1.82) is 5.26 Å². The van der Waals surface area contributed by atoms with Crippen molar-refractivity contribution in [2.24, 2.45) is 0 Å². The number of likely N-dealkylation sites (N-methyl/N-ethyl adjacent to an activating group) is 1. The van der Waals surface area contributed by atoms with Crippen molar-refractivity contribution in [2.75, 3.05) is 32.1 Å². The summed E-state index contributed by atoms with van der Waals surface area (Å²) in [7, 11) is 4.25. The summed E-state index contributed by atoms with van der Waals surface area (Å²) in [6, 6.07) is 10.9. The van der Waals surface area contributed by atoms with Gasteiger partial charge in [0.1, 0.15) is 11.9 Å². The van der Waals surface area contributed by atoms with Gasteiger partial charge in [-0.15, -0.1) is 0 Å². The van der Waals surface area contributed by atoms with Crippen LogP contribution in [0.3, 0.4) is 0 Å². The van der Waals surface area contributed by atoms with Gasteiger partial charge in [-0.05, 0) is 51.6 Å². The lowest BCUT2D eigenvalue weighted by molar-refractivity contribution is 0.170. The normalized spacial score (nSPS) is 18.1. The second kappa shape index (κ2) is 7.66. The molecule has 0 spiro atoms. The summed E-state index contributed by atoms with van der Waals surface area (Å²) >= 11 is 0. The fourth-order valence-electron chi connectivity index (χ4n) is 4.48. The smallest absolute Gasteiger partial charge is 0.157 e. The van der Waals surface area contributed by atoms with Crippen molar-refractivity contribution in [3.63, 3.8) is 0 Å². The second-order valence-electron chi connectivity index (χ2n) is 8.29. The van der Waals surface area contributed by atoms with Crippen LogP contribution in [-0.4, -0.2) is 58.7 Å². The van der Waals surface area contributed by atoms with Gasteiger partial charge in [0.2, 0.25) is 0 Å². The van der Waals surface area contributed by atoms with Crippen LogP contribution in [0.25, 0.3) is 16.7 Å². The second-order valence-corrected chi connectivity index (χ2v) is 8.29. The SMILES string of the molecule is CCC(O)Cc1c(C)c(C#N)c2nc3ccccc3n2c1N1CC[C@H](N(C)C)C1. The molecule has 6 nitrogen and oxygen atoms in total. The lowest BCUT2D eigenvalue weighted by Gasteiger charge is -2.27. The van der Waals surface area contributed by atoms with E-state index in [9.17, 15) is 10.4 Å². The summed E-state index contributed by atoms with van der Waals surface area (Å²) in [4.78, 5) is 9.51. The lowest BCUT2D eigenvalue weighted by Crippen LogP contribution is -2.33. The van der Waals surface area contributed by atoms with Gasteiger partial charge < -0.3 is 14.9 Å². The standard InChI is InChI=1S/C23H29N5O/c1-5-17(29)12-18-15(2)19(13-24)22-25-20-8-6-7-9-21(20)28(22)23(18)27-11-10-16(14-27)26(3)4/h6-9,16-17,29H,5,10-12,14H2,1-4H3/t16-,17?/m0/s1. The molecule has 3 aromatic rings. The predicted octanol–water partition coefficient (Wildman–Crippen LogP) is 3.12. The van der Waals surface area contributed by atoms with E-state index >= 15 is 0 Å². The average Bonchev–Trinajstić information content (AvgIpc) is 3.34. The number of rotatable bonds is 5. The molecule has 0 amide bonds. The molecule has 0 radical (unpaired) electrons. The first-order valence-corrected chi connectivity index (χ1v) is 10.4. The molecule has 0 bridgehead atoms. The highest BCUT2D eigenvalue weighted by Crippen LogP contribution is 2.36. The van der Waals surface area contributed by atoms with Crippen molar-refractivity contribution in [2.45, 2.75) is 45.3 Å². The zero-order valence-corrected chi connectivity index (χ0v) is 17.7. The van der Waals surface area contributed by atoms with E-state index < -0.39 is 6.10 Å². The Morgan fingerprint density at radius 1 is 1.34 bits per heavy atom. The maximum atomic E-state index is 10.5. The Bertz CT molecular complexity index is 1090. The number of nitrogens with zero attached hydrogens (tertiary/aromatic N) is 5. The van der Waals surface area contributed by atoms with E-state index in [2.05, 4.69) is 40.4 Å². The maximum absolute atomic E-state index is 10.5. The summed E-state index contributed by atoms with van der Waals surface area (Å²) in [6.07, 6.45) is 1.89. The van der Waals surface area contributed by atoms with Gasteiger partial charge in [-0.1, -0.05) is 19.1 Å². The van der Waals surface area contributed by atoms with E-state index in [-0.39, 0.29) is 0 Å².